The minimum atomic E-state index is -0.0241. The summed E-state index contributed by atoms with van der Waals surface area (Å²) in [5, 5.41) is 6.25. The second kappa shape index (κ2) is 9.33. The van der Waals surface area contributed by atoms with E-state index in [9.17, 15) is 4.79 Å². The summed E-state index contributed by atoms with van der Waals surface area (Å²) in [4.78, 5) is 19.4. The van der Waals surface area contributed by atoms with Crippen molar-refractivity contribution in [1.82, 2.24) is 15.2 Å². The number of amides is 1. The third kappa shape index (κ3) is 5.30. The summed E-state index contributed by atoms with van der Waals surface area (Å²) in [5.41, 5.74) is 1.26. The molecule has 1 N–H and O–H groups in total. The van der Waals surface area contributed by atoms with Crippen LogP contribution in [0.15, 0.2) is 35.8 Å². The SMILES string of the molecule is COc1cccc(CN2CCC[C@H]([C@H](NC(=O)C(C)C)c3nccs3)C2)c1. The largest absolute Gasteiger partial charge is 0.497 e. The zero-order valence-corrected chi connectivity index (χ0v) is 17.2. The van der Waals surface area contributed by atoms with E-state index in [0.29, 0.717) is 5.92 Å². The zero-order chi connectivity index (χ0) is 19.2. The summed E-state index contributed by atoms with van der Waals surface area (Å²) in [7, 11) is 1.70. The quantitative estimate of drug-likeness (QED) is 0.783. The van der Waals surface area contributed by atoms with Crippen LogP contribution >= 0.6 is 11.3 Å². The van der Waals surface area contributed by atoms with E-state index in [0.717, 1.165) is 43.2 Å². The number of thiazole rings is 1. The van der Waals surface area contributed by atoms with Gasteiger partial charge in [0.25, 0.3) is 0 Å². The van der Waals surface area contributed by atoms with Crippen LogP contribution in [-0.4, -0.2) is 36.0 Å². The van der Waals surface area contributed by atoms with E-state index in [1.807, 2.05) is 37.6 Å². The number of hydrogen-bond donors (Lipinski definition) is 1. The summed E-state index contributed by atoms with van der Waals surface area (Å²) in [6.45, 7) is 6.81. The molecule has 5 nitrogen and oxygen atoms in total. The average molecular weight is 388 g/mol. The number of hydrogen-bond acceptors (Lipinski definition) is 5. The number of ether oxygens (including phenoxy) is 1. The van der Waals surface area contributed by atoms with Crippen LogP contribution in [0, 0.1) is 11.8 Å². The molecule has 0 spiro atoms. The van der Waals surface area contributed by atoms with Gasteiger partial charge in [-0.25, -0.2) is 4.98 Å². The minimum Gasteiger partial charge on any atom is -0.497 e. The van der Waals surface area contributed by atoms with E-state index in [1.54, 1.807) is 18.4 Å². The lowest BCUT2D eigenvalue weighted by atomic mass is 9.90. The number of methoxy groups -OCH3 is 1. The number of aromatic nitrogens is 1. The summed E-state index contributed by atoms with van der Waals surface area (Å²) >= 11 is 1.63. The molecule has 2 aromatic rings. The molecule has 1 saturated heterocycles. The number of nitrogens with one attached hydrogen (secondary N) is 1. The summed E-state index contributed by atoms with van der Waals surface area (Å²) in [5.74, 6) is 1.34. The molecule has 3 rings (SSSR count). The molecule has 0 unspecified atom stereocenters. The van der Waals surface area contributed by atoms with Gasteiger partial charge in [0.05, 0.1) is 13.2 Å². The van der Waals surface area contributed by atoms with Crippen LogP contribution in [0.1, 0.15) is 43.3 Å². The maximum Gasteiger partial charge on any atom is 0.223 e. The van der Waals surface area contributed by atoms with Crippen molar-refractivity contribution >= 4 is 17.2 Å². The number of benzene rings is 1. The lowest BCUT2D eigenvalue weighted by molar-refractivity contribution is -0.125. The van der Waals surface area contributed by atoms with Gasteiger partial charge in [-0.2, -0.15) is 0 Å². The number of likely N-dealkylation sites (tertiary alicyclic amines) is 1. The molecule has 1 amide bonds. The Morgan fingerprint density at radius 2 is 2.30 bits per heavy atom. The smallest absolute Gasteiger partial charge is 0.223 e. The van der Waals surface area contributed by atoms with Crippen molar-refractivity contribution in [2.75, 3.05) is 20.2 Å². The predicted octanol–water partition coefficient (Wildman–Crippen LogP) is 3.88. The first-order chi connectivity index (χ1) is 13.1. The first-order valence-electron chi connectivity index (χ1n) is 9.62. The van der Waals surface area contributed by atoms with Crippen LogP contribution in [0.4, 0.5) is 0 Å². The molecule has 2 heterocycles. The van der Waals surface area contributed by atoms with Crippen LogP contribution in [0.5, 0.6) is 5.75 Å². The topological polar surface area (TPSA) is 54.5 Å². The van der Waals surface area contributed by atoms with Gasteiger partial charge >= 0.3 is 0 Å². The molecule has 1 aliphatic rings. The number of piperidine rings is 1. The minimum absolute atomic E-state index is 0.00647. The standard InChI is InChI=1S/C21H29N3O2S/c1-15(2)20(25)23-19(21-22-9-11-27-21)17-7-5-10-24(14-17)13-16-6-4-8-18(12-16)26-3/h4,6,8-9,11-12,15,17,19H,5,7,10,13-14H2,1-3H3,(H,23,25)/t17-,19-/m0/s1. The van der Waals surface area contributed by atoms with Crippen LogP contribution in [0.2, 0.25) is 0 Å². The maximum atomic E-state index is 12.4. The summed E-state index contributed by atoms with van der Waals surface area (Å²) in [6.07, 6.45) is 4.07. The van der Waals surface area contributed by atoms with Gasteiger partial charge in [0.1, 0.15) is 10.8 Å². The van der Waals surface area contributed by atoms with Crippen LogP contribution < -0.4 is 10.1 Å². The number of rotatable bonds is 7. The molecule has 2 atom stereocenters. The Morgan fingerprint density at radius 1 is 1.44 bits per heavy atom. The molecule has 1 aromatic heterocycles. The molecule has 27 heavy (non-hydrogen) atoms. The fourth-order valence-corrected chi connectivity index (χ4v) is 4.41. The monoisotopic (exact) mass is 387 g/mol. The van der Waals surface area contributed by atoms with E-state index < -0.39 is 0 Å². The molecule has 1 aromatic carbocycles. The lowest BCUT2D eigenvalue weighted by Crippen LogP contribution is -2.43. The molecular formula is C21H29N3O2S. The molecule has 146 valence electrons. The molecule has 0 bridgehead atoms. The summed E-state index contributed by atoms with van der Waals surface area (Å²) in [6, 6.07) is 8.25. The number of carbonyl (C=O) groups excluding carboxylic acids is 1. The number of nitrogens with zero attached hydrogens (tertiary/aromatic N) is 2. The lowest BCUT2D eigenvalue weighted by Gasteiger charge is -2.37. The highest BCUT2D eigenvalue weighted by molar-refractivity contribution is 7.09. The van der Waals surface area contributed by atoms with Gasteiger partial charge < -0.3 is 10.1 Å². The second-order valence-electron chi connectivity index (χ2n) is 7.50. The first-order valence-corrected chi connectivity index (χ1v) is 10.5. The van der Waals surface area contributed by atoms with Gasteiger partial charge in [0.15, 0.2) is 0 Å². The van der Waals surface area contributed by atoms with Crippen molar-refractivity contribution in [2.24, 2.45) is 11.8 Å². The molecule has 0 aliphatic carbocycles. The van der Waals surface area contributed by atoms with E-state index in [4.69, 9.17) is 4.74 Å². The normalized spacial score (nSPS) is 19.0. The fraction of sp³-hybridized carbons (Fsp3) is 0.524. The van der Waals surface area contributed by atoms with Crippen molar-refractivity contribution in [1.29, 1.82) is 0 Å². The zero-order valence-electron chi connectivity index (χ0n) is 16.4. The van der Waals surface area contributed by atoms with Gasteiger partial charge in [-0.15, -0.1) is 11.3 Å². The van der Waals surface area contributed by atoms with Gasteiger partial charge in [-0.05, 0) is 43.0 Å². The van der Waals surface area contributed by atoms with E-state index >= 15 is 0 Å². The van der Waals surface area contributed by atoms with Crippen molar-refractivity contribution in [2.45, 2.75) is 39.3 Å². The second-order valence-corrected chi connectivity index (χ2v) is 8.43. The molecule has 0 saturated carbocycles. The first kappa shape index (κ1) is 19.8. The number of carbonyl (C=O) groups is 1. The van der Waals surface area contributed by atoms with E-state index in [-0.39, 0.29) is 17.9 Å². The highest BCUT2D eigenvalue weighted by Crippen LogP contribution is 2.32. The van der Waals surface area contributed by atoms with Gasteiger partial charge in [-0.1, -0.05) is 26.0 Å². The van der Waals surface area contributed by atoms with E-state index in [2.05, 4.69) is 27.3 Å². The van der Waals surface area contributed by atoms with Crippen LogP contribution in [-0.2, 0) is 11.3 Å². The Balaban J connectivity index is 1.70. The Labute approximate surface area is 165 Å². The molecular weight excluding hydrogens is 358 g/mol. The van der Waals surface area contributed by atoms with Crippen LogP contribution in [0.25, 0.3) is 0 Å². The third-order valence-electron chi connectivity index (χ3n) is 5.09. The fourth-order valence-electron chi connectivity index (χ4n) is 3.63. The molecule has 1 fully saturated rings. The van der Waals surface area contributed by atoms with Crippen molar-refractivity contribution in [3.05, 3.63) is 46.4 Å². The Bertz CT molecular complexity index is 733. The predicted molar refractivity (Wildman–Crippen MR) is 109 cm³/mol. The van der Waals surface area contributed by atoms with E-state index in [1.165, 1.54) is 5.56 Å². The average Bonchev–Trinajstić information content (AvgIpc) is 3.20. The van der Waals surface area contributed by atoms with Crippen molar-refractivity contribution in [3.8, 4) is 5.75 Å². The Hall–Kier alpha value is -1.92. The molecule has 6 heteroatoms. The van der Waals surface area contributed by atoms with Crippen molar-refractivity contribution < 1.29 is 9.53 Å². The van der Waals surface area contributed by atoms with Gasteiger partial charge in [0, 0.05) is 30.6 Å². The van der Waals surface area contributed by atoms with Gasteiger partial charge in [-0.3, -0.25) is 9.69 Å². The maximum absolute atomic E-state index is 12.4. The van der Waals surface area contributed by atoms with Crippen molar-refractivity contribution in [3.63, 3.8) is 0 Å². The Morgan fingerprint density at radius 3 is 3.00 bits per heavy atom. The molecule has 1 aliphatic heterocycles. The van der Waals surface area contributed by atoms with Crippen LogP contribution in [0.3, 0.4) is 0 Å². The van der Waals surface area contributed by atoms with Gasteiger partial charge in [0.2, 0.25) is 5.91 Å². The highest BCUT2D eigenvalue weighted by Gasteiger charge is 2.31. The Kier molecular flexibility index (Phi) is 6.85. The third-order valence-corrected chi connectivity index (χ3v) is 5.95. The summed E-state index contributed by atoms with van der Waals surface area (Å²) < 4.78 is 5.35. The highest BCUT2D eigenvalue weighted by atomic mass is 32.1. The molecule has 0 radical (unpaired) electrons.